The van der Waals surface area contributed by atoms with Gasteiger partial charge in [0, 0.05) is 11.0 Å². The van der Waals surface area contributed by atoms with E-state index >= 15 is 0 Å². The predicted octanol–water partition coefficient (Wildman–Crippen LogP) is 1.73. The molecule has 1 N–H and O–H groups in total. The third-order valence-electron chi connectivity index (χ3n) is 3.12. The molecule has 1 heterocycles. The summed E-state index contributed by atoms with van der Waals surface area (Å²) in [7, 11) is 1.65. The Morgan fingerprint density at radius 2 is 2.20 bits per heavy atom. The first-order valence-corrected chi connectivity index (χ1v) is 5.05. The van der Waals surface area contributed by atoms with Crippen molar-refractivity contribution in [2.75, 3.05) is 13.7 Å². The molecule has 0 amide bonds. The standard InChI is InChI=1S/C12H16O3/c1-12(2)9-6-8(14-3)4-5-10(9)15-11(12)7-13/h4-6,11,13H,7H2,1-3H3. The Labute approximate surface area is 89.6 Å². The van der Waals surface area contributed by atoms with Gasteiger partial charge in [-0.2, -0.15) is 0 Å². The minimum atomic E-state index is -0.168. The highest BCUT2D eigenvalue weighted by Crippen LogP contribution is 2.43. The second-order valence-electron chi connectivity index (χ2n) is 4.37. The van der Waals surface area contributed by atoms with Crippen LogP contribution in [0.1, 0.15) is 19.4 Å². The number of hydrogen-bond acceptors (Lipinski definition) is 3. The Hall–Kier alpha value is -1.22. The lowest BCUT2D eigenvalue weighted by atomic mass is 9.81. The van der Waals surface area contributed by atoms with Gasteiger partial charge in [0.05, 0.1) is 13.7 Å². The first kappa shape index (κ1) is 10.3. The van der Waals surface area contributed by atoms with E-state index in [0.29, 0.717) is 0 Å². The van der Waals surface area contributed by atoms with Gasteiger partial charge in [0.15, 0.2) is 0 Å². The fourth-order valence-electron chi connectivity index (χ4n) is 1.98. The summed E-state index contributed by atoms with van der Waals surface area (Å²) in [5.41, 5.74) is 0.930. The Morgan fingerprint density at radius 1 is 1.47 bits per heavy atom. The molecule has 0 spiro atoms. The van der Waals surface area contributed by atoms with Gasteiger partial charge in [-0.1, -0.05) is 13.8 Å². The molecule has 82 valence electrons. The monoisotopic (exact) mass is 208 g/mol. The molecule has 1 aliphatic rings. The van der Waals surface area contributed by atoms with Crippen LogP contribution in [0.5, 0.6) is 11.5 Å². The molecule has 2 rings (SSSR count). The first-order chi connectivity index (χ1) is 7.09. The number of aliphatic hydroxyl groups is 1. The number of fused-ring (bicyclic) bond motifs is 1. The molecular formula is C12H16O3. The van der Waals surface area contributed by atoms with Crippen LogP contribution in [0.15, 0.2) is 18.2 Å². The van der Waals surface area contributed by atoms with Gasteiger partial charge in [0.25, 0.3) is 0 Å². The van der Waals surface area contributed by atoms with Crippen molar-refractivity contribution in [2.24, 2.45) is 0 Å². The zero-order chi connectivity index (χ0) is 11.1. The molecule has 0 saturated heterocycles. The van der Waals surface area contributed by atoms with Crippen LogP contribution in [-0.4, -0.2) is 24.9 Å². The third kappa shape index (κ3) is 1.47. The van der Waals surface area contributed by atoms with Crippen LogP contribution < -0.4 is 9.47 Å². The third-order valence-corrected chi connectivity index (χ3v) is 3.12. The van der Waals surface area contributed by atoms with Gasteiger partial charge in [0.2, 0.25) is 0 Å². The summed E-state index contributed by atoms with van der Waals surface area (Å²) < 4.78 is 10.8. The summed E-state index contributed by atoms with van der Waals surface area (Å²) in [5.74, 6) is 1.67. The molecule has 1 aliphatic heterocycles. The maximum absolute atomic E-state index is 9.24. The highest BCUT2D eigenvalue weighted by atomic mass is 16.5. The van der Waals surface area contributed by atoms with Gasteiger partial charge >= 0.3 is 0 Å². The molecule has 0 fully saturated rings. The number of rotatable bonds is 2. The van der Waals surface area contributed by atoms with Crippen LogP contribution in [0.2, 0.25) is 0 Å². The molecule has 0 bridgehead atoms. The summed E-state index contributed by atoms with van der Waals surface area (Å²) >= 11 is 0. The molecule has 0 aliphatic carbocycles. The normalized spacial score (nSPS) is 22.0. The van der Waals surface area contributed by atoms with Crippen LogP contribution >= 0.6 is 0 Å². The predicted molar refractivity (Wildman–Crippen MR) is 57.5 cm³/mol. The van der Waals surface area contributed by atoms with Crippen molar-refractivity contribution in [2.45, 2.75) is 25.4 Å². The van der Waals surface area contributed by atoms with E-state index < -0.39 is 0 Å². The van der Waals surface area contributed by atoms with Gasteiger partial charge in [-0.05, 0) is 18.2 Å². The molecule has 0 aromatic heterocycles. The second-order valence-corrected chi connectivity index (χ2v) is 4.37. The van der Waals surface area contributed by atoms with E-state index in [1.54, 1.807) is 7.11 Å². The van der Waals surface area contributed by atoms with Crippen molar-refractivity contribution in [3.05, 3.63) is 23.8 Å². The van der Waals surface area contributed by atoms with Crippen molar-refractivity contribution in [1.29, 1.82) is 0 Å². The zero-order valence-corrected chi connectivity index (χ0v) is 9.28. The maximum Gasteiger partial charge on any atom is 0.131 e. The second kappa shape index (κ2) is 3.42. The number of benzene rings is 1. The van der Waals surface area contributed by atoms with Crippen LogP contribution in [0.3, 0.4) is 0 Å². The summed E-state index contributed by atoms with van der Waals surface area (Å²) in [4.78, 5) is 0. The Morgan fingerprint density at radius 3 is 2.80 bits per heavy atom. The van der Waals surface area contributed by atoms with Gasteiger partial charge in [-0.3, -0.25) is 0 Å². The molecule has 0 saturated carbocycles. The van der Waals surface area contributed by atoms with Crippen LogP contribution in [-0.2, 0) is 5.41 Å². The van der Waals surface area contributed by atoms with Crippen LogP contribution in [0, 0.1) is 0 Å². The fourth-order valence-corrected chi connectivity index (χ4v) is 1.98. The minimum Gasteiger partial charge on any atom is -0.497 e. The van der Waals surface area contributed by atoms with Gasteiger partial charge in [-0.25, -0.2) is 0 Å². The molecule has 15 heavy (non-hydrogen) atoms. The Bertz CT molecular complexity index is 371. The average molecular weight is 208 g/mol. The fraction of sp³-hybridized carbons (Fsp3) is 0.500. The lowest BCUT2D eigenvalue weighted by molar-refractivity contribution is 0.0888. The number of aliphatic hydroxyl groups excluding tert-OH is 1. The summed E-state index contributed by atoms with van der Waals surface area (Å²) in [6.07, 6.45) is -0.167. The van der Waals surface area contributed by atoms with Crippen LogP contribution in [0.4, 0.5) is 0 Å². The largest absolute Gasteiger partial charge is 0.497 e. The van der Waals surface area contributed by atoms with E-state index in [2.05, 4.69) is 13.8 Å². The molecule has 3 heteroatoms. The van der Waals surface area contributed by atoms with Gasteiger partial charge in [-0.15, -0.1) is 0 Å². The molecule has 1 atom stereocenters. The lowest BCUT2D eigenvalue weighted by Gasteiger charge is -2.23. The summed E-state index contributed by atoms with van der Waals surface area (Å²) in [5, 5.41) is 9.24. The quantitative estimate of drug-likeness (QED) is 0.804. The van der Waals surface area contributed by atoms with E-state index in [1.165, 1.54) is 0 Å². The number of methoxy groups -OCH3 is 1. The van der Waals surface area contributed by atoms with Crippen molar-refractivity contribution < 1.29 is 14.6 Å². The van der Waals surface area contributed by atoms with E-state index in [0.717, 1.165) is 17.1 Å². The summed E-state index contributed by atoms with van der Waals surface area (Å²) in [6.45, 7) is 4.17. The van der Waals surface area contributed by atoms with Gasteiger partial charge < -0.3 is 14.6 Å². The van der Waals surface area contributed by atoms with Crippen molar-refractivity contribution in [3.8, 4) is 11.5 Å². The SMILES string of the molecule is COc1ccc2c(c1)C(C)(C)C(CO)O2. The molecule has 1 aromatic carbocycles. The molecule has 1 aromatic rings. The van der Waals surface area contributed by atoms with Gasteiger partial charge in [0.1, 0.15) is 17.6 Å². The Balaban J connectivity index is 2.46. The van der Waals surface area contributed by atoms with E-state index in [9.17, 15) is 5.11 Å². The van der Waals surface area contributed by atoms with E-state index in [1.807, 2.05) is 18.2 Å². The lowest BCUT2D eigenvalue weighted by Crippen LogP contribution is -2.35. The topological polar surface area (TPSA) is 38.7 Å². The van der Waals surface area contributed by atoms with Crippen molar-refractivity contribution >= 4 is 0 Å². The Kier molecular flexibility index (Phi) is 2.35. The number of hydrogen-bond donors (Lipinski definition) is 1. The zero-order valence-electron chi connectivity index (χ0n) is 9.28. The van der Waals surface area contributed by atoms with Crippen LogP contribution in [0.25, 0.3) is 0 Å². The molecular weight excluding hydrogens is 192 g/mol. The van der Waals surface area contributed by atoms with E-state index in [-0.39, 0.29) is 18.1 Å². The number of ether oxygens (including phenoxy) is 2. The smallest absolute Gasteiger partial charge is 0.131 e. The summed E-state index contributed by atoms with van der Waals surface area (Å²) in [6, 6.07) is 5.74. The van der Waals surface area contributed by atoms with E-state index in [4.69, 9.17) is 9.47 Å². The molecule has 3 nitrogen and oxygen atoms in total. The van der Waals surface area contributed by atoms with Crippen molar-refractivity contribution in [3.63, 3.8) is 0 Å². The first-order valence-electron chi connectivity index (χ1n) is 5.05. The highest BCUT2D eigenvalue weighted by Gasteiger charge is 2.41. The molecule has 1 unspecified atom stereocenters. The van der Waals surface area contributed by atoms with Crippen molar-refractivity contribution in [1.82, 2.24) is 0 Å². The average Bonchev–Trinajstić information content (AvgIpc) is 2.50. The minimum absolute atomic E-state index is 0.0317. The highest BCUT2D eigenvalue weighted by molar-refractivity contribution is 5.48. The molecule has 0 radical (unpaired) electrons. The maximum atomic E-state index is 9.24.